The fourth-order valence-corrected chi connectivity index (χ4v) is 2.33. The van der Waals surface area contributed by atoms with Crippen LogP contribution in [0.4, 0.5) is 0 Å². The number of hydrogen-bond acceptors (Lipinski definition) is 4. The molecule has 1 atom stereocenters. The second-order valence-electron chi connectivity index (χ2n) is 5.42. The second-order valence-corrected chi connectivity index (χ2v) is 5.42. The lowest BCUT2D eigenvalue weighted by Crippen LogP contribution is -2.42. The predicted molar refractivity (Wildman–Crippen MR) is 68.4 cm³/mol. The van der Waals surface area contributed by atoms with E-state index in [9.17, 15) is 4.79 Å². The summed E-state index contributed by atoms with van der Waals surface area (Å²) in [6.07, 6.45) is 3.96. The van der Waals surface area contributed by atoms with Gasteiger partial charge >= 0.3 is 0 Å². The Kier molecular flexibility index (Phi) is 4.97. The first-order chi connectivity index (χ1) is 8.74. The Labute approximate surface area is 109 Å². The van der Waals surface area contributed by atoms with Crippen LogP contribution in [-0.2, 0) is 14.3 Å². The number of hydrogen-bond donors (Lipinski definition) is 2. The van der Waals surface area contributed by atoms with E-state index in [0.717, 1.165) is 32.7 Å². The Balaban J connectivity index is 1.62. The highest BCUT2D eigenvalue weighted by Crippen LogP contribution is 2.48. The number of ether oxygens (including phenoxy) is 2. The number of nitrogens with one attached hydrogen (secondary N) is 2. The number of rotatable bonds is 7. The molecule has 2 aliphatic rings. The van der Waals surface area contributed by atoms with Gasteiger partial charge in [0.2, 0.25) is 5.91 Å². The van der Waals surface area contributed by atoms with E-state index in [0.29, 0.717) is 18.4 Å². The quantitative estimate of drug-likeness (QED) is 0.688. The van der Waals surface area contributed by atoms with Crippen molar-refractivity contribution in [1.82, 2.24) is 10.6 Å². The summed E-state index contributed by atoms with van der Waals surface area (Å²) in [5.74, 6) is 0.104. The molecule has 1 amide bonds. The maximum atomic E-state index is 11.8. The first-order valence-electron chi connectivity index (χ1n) is 6.82. The Morgan fingerprint density at radius 3 is 3.00 bits per heavy atom. The molecule has 0 radical (unpaired) electrons. The van der Waals surface area contributed by atoms with E-state index in [-0.39, 0.29) is 12.0 Å². The Morgan fingerprint density at radius 1 is 1.56 bits per heavy atom. The second kappa shape index (κ2) is 6.50. The summed E-state index contributed by atoms with van der Waals surface area (Å²) in [4.78, 5) is 11.8. The van der Waals surface area contributed by atoms with Crippen molar-refractivity contribution in [3.8, 4) is 0 Å². The van der Waals surface area contributed by atoms with Gasteiger partial charge < -0.3 is 20.1 Å². The highest BCUT2D eigenvalue weighted by molar-refractivity contribution is 5.76. The third-order valence-electron chi connectivity index (χ3n) is 3.87. The third kappa shape index (κ3) is 4.23. The van der Waals surface area contributed by atoms with Crippen LogP contribution in [0.3, 0.4) is 0 Å². The molecule has 0 aromatic heterocycles. The summed E-state index contributed by atoms with van der Waals surface area (Å²) >= 11 is 0. The number of amides is 1. The van der Waals surface area contributed by atoms with Crippen LogP contribution in [0.25, 0.3) is 0 Å². The zero-order chi connectivity index (χ0) is 12.8. The number of morpholine rings is 1. The first-order valence-corrected chi connectivity index (χ1v) is 6.82. The van der Waals surface area contributed by atoms with Crippen molar-refractivity contribution in [2.45, 2.75) is 31.8 Å². The average Bonchev–Trinajstić information content (AvgIpc) is 3.16. The van der Waals surface area contributed by atoms with Crippen molar-refractivity contribution in [2.24, 2.45) is 5.41 Å². The Bertz CT molecular complexity index is 273. The minimum absolute atomic E-state index is 0.0351. The van der Waals surface area contributed by atoms with Crippen LogP contribution in [0.15, 0.2) is 0 Å². The Hall–Kier alpha value is -0.650. The minimum atomic E-state index is 0.0351. The standard InChI is InChI=1S/C13H24N2O3/c1-17-6-4-13(2-3-13)10-15-12(16)8-11-9-14-5-7-18-11/h11,14H,2-10H2,1H3,(H,15,16). The molecule has 1 aliphatic heterocycles. The average molecular weight is 256 g/mol. The molecule has 5 heteroatoms. The molecular weight excluding hydrogens is 232 g/mol. The van der Waals surface area contributed by atoms with Gasteiger partial charge in [-0.25, -0.2) is 0 Å². The Morgan fingerprint density at radius 2 is 2.39 bits per heavy atom. The molecule has 2 fully saturated rings. The molecule has 0 spiro atoms. The molecule has 1 unspecified atom stereocenters. The van der Waals surface area contributed by atoms with E-state index in [2.05, 4.69) is 10.6 Å². The van der Waals surface area contributed by atoms with Crippen molar-refractivity contribution in [3.05, 3.63) is 0 Å². The van der Waals surface area contributed by atoms with E-state index in [1.165, 1.54) is 12.8 Å². The van der Waals surface area contributed by atoms with E-state index in [4.69, 9.17) is 9.47 Å². The lowest BCUT2D eigenvalue weighted by molar-refractivity contribution is -0.124. The maximum Gasteiger partial charge on any atom is 0.222 e. The fourth-order valence-electron chi connectivity index (χ4n) is 2.33. The molecule has 1 saturated heterocycles. The van der Waals surface area contributed by atoms with Crippen LogP contribution in [0.5, 0.6) is 0 Å². The topological polar surface area (TPSA) is 59.6 Å². The summed E-state index contributed by atoms with van der Waals surface area (Å²) in [7, 11) is 1.72. The zero-order valence-corrected chi connectivity index (χ0v) is 11.2. The SMILES string of the molecule is COCCC1(CNC(=O)CC2CNCCO2)CC1. The number of methoxy groups -OCH3 is 1. The van der Waals surface area contributed by atoms with Gasteiger partial charge in [0.05, 0.1) is 19.1 Å². The van der Waals surface area contributed by atoms with Crippen LogP contribution in [0, 0.1) is 5.41 Å². The van der Waals surface area contributed by atoms with Crippen molar-refractivity contribution >= 4 is 5.91 Å². The molecule has 0 bridgehead atoms. The fraction of sp³-hybridized carbons (Fsp3) is 0.923. The molecule has 104 valence electrons. The van der Waals surface area contributed by atoms with Crippen LogP contribution in [-0.4, -0.2) is 52.0 Å². The van der Waals surface area contributed by atoms with Gasteiger partial charge in [-0.15, -0.1) is 0 Å². The van der Waals surface area contributed by atoms with Crippen molar-refractivity contribution in [3.63, 3.8) is 0 Å². The van der Waals surface area contributed by atoms with Gasteiger partial charge in [0.25, 0.3) is 0 Å². The summed E-state index contributed by atoms with van der Waals surface area (Å²) < 4.78 is 10.6. The smallest absolute Gasteiger partial charge is 0.222 e. The van der Waals surface area contributed by atoms with E-state index in [1.54, 1.807) is 7.11 Å². The predicted octanol–water partition coefficient (Wildman–Crippen LogP) is 0.298. The molecule has 2 rings (SSSR count). The van der Waals surface area contributed by atoms with Crippen molar-refractivity contribution in [2.75, 3.05) is 40.0 Å². The van der Waals surface area contributed by atoms with Gasteiger partial charge in [-0.05, 0) is 24.7 Å². The summed E-state index contributed by atoms with van der Waals surface area (Å²) in [5, 5.41) is 6.27. The van der Waals surface area contributed by atoms with Crippen LogP contribution >= 0.6 is 0 Å². The van der Waals surface area contributed by atoms with Gasteiger partial charge in [-0.1, -0.05) is 0 Å². The van der Waals surface area contributed by atoms with Crippen LogP contribution < -0.4 is 10.6 Å². The number of carbonyl (C=O) groups excluding carboxylic acids is 1. The van der Waals surface area contributed by atoms with Crippen LogP contribution in [0.2, 0.25) is 0 Å². The largest absolute Gasteiger partial charge is 0.385 e. The van der Waals surface area contributed by atoms with Gasteiger partial charge in [-0.3, -0.25) is 4.79 Å². The van der Waals surface area contributed by atoms with Crippen LogP contribution in [0.1, 0.15) is 25.7 Å². The van der Waals surface area contributed by atoms with E-state index in [1.807, 2.05) is 0 Å². The molecule has 18 heavy (non-hydrogen) atoms. The summed E-state index contributed by atoms with van der Waals surface area (Å²) in [5.41, 5.74) is 0.317. The molecule has 0 aromatic carbocycles. The van der Waals surface area contributed by atoms with Crippen molar-refractivity contribution in [1.29, 1.82) is 0 Å². The first kappa shape index (κ1) is 13.8. The molecule has 5 nitrogen and oxygen atoms in total. The third-order valence-corrected chi connectivity index (χ3v) is 3.87. The molecule has 2 N–H and O–H groups in total. The normalized spacial score (nSPS) is 25.7. The zero-order valence-electron chi connectivity index (χ0n) is 11.2. The van der Waals surface area contributed by atoms with Gasteiger partial charge in [0.15, 0.2) is 0 Å². The lowest BCUT2D eigenvalue weighted by atomic mass is 10.0. The van der Waals surface area contributed by atoms with Crippen molar-refractivity contribution < 1.29 is 14.3 Å². The van der Waals surface area contributed by atoms with E-state index >= 15 is 0 Å². The molecule has 1 saturated carbocycles. The monoisotopic (exact) mass is 256 g/mol. The van der Waals surface area contributed by atoms with Gasteiger partial charge in [0, 0.05) is 33.4 Å². The summed E-state index contributed by atoms with van der Waals surface area (Å²) in [6, 6.07) is 0. The molecule has 1 heterocycles. The maximum absolute atomic E-state index is 11.8. The number of carbonyl (C=O) groups is 1. The molecule has 1 aliphatic carbocycles. The highest BCUT2D eigenvalue weighted by Gasteiger charge is 2.42. The highest BCUT2D eigenvalue weighted by atomic mass is 16.5. The minimum Gasteiger partial charge on any atom is -0.385 e. The van der Waals surface area contributed by atoms with Gasteiger partial charge in [-0.2, -0.15) is 0 Å². The molecular formula is C13H24N2O3. The van der Waals surface area contributed by atoms with E-state index < -0.39 is 0 Å². The lowest BCUT2D eigenvalue weighted by Gasteiger charge is -2.23. The molecule has 0 aromatic rings. The summed E-state index contributed by atoms with van der Waals surface area (Å²) in [6.45, 7) is 3.94. The van der Waals surface area contributed by atoms with Gasteiger partial charge in [0.1, 0.15) is 0 Å².